The Kier molecular flexibility index (Phi) is 7.06. The smallest absolute Gasteiger partial charge is 0.246 e. The van der Waals surface area contributed by atoms with Crippen molar-refractivity contribution in [3.05, 3.63) is 48.3 Å². The number of aromatic nitrogens is 2. The molecule has 0 spiro atoms. The van der Waals surface area contributed by atoms with Crippen LogP contribution in [0.2, 0.25) is 0 Å². The van der Waals surface area contributed by atoms with Gasteiger partial charge < -0.3 is 15.1 Å². The van der Waals surface area contributed by atoms with Gasteiger partial charge in [0, 0.05) is 46.5 Å². The van der Waals surface area contributed by atoms with E-state index in [1.54, 1.807) is 36.1 Å². The Morgan fingerprint density at radius 2 is 2.00 bits per heavy atom. The number of piperazine rings is 1. The number of hydrogen-bond donors (Lipinski definition) is 2. The number of nitrogens with one attached hydrogen (secondary N) is 2. The van der Waals surface area contributed by atoms with Crippen LogP contribution < -0.4 is 14.9 Å². The number of hydrogen-bond acceptors (Lipinski definition) is 5. The van der Waals surface area contributed by atoms with Gasteiger partial charge in [-0.3, -0.25) is 14.5 Å². The van der Waals surface area contributed by atoms with Crippen molar-refractivity contribution in [3.8, 4) is 0 Å². The highest BCUT2D eigenvalue weighted by atomic mass is 32.2. The standard InChI is InChI=1S/C19H27N7O3S/c1-20-19(21-8-11-30(28,29)23-12-16-6-4-3-5-7-16)25-9-10-26(18(27)15-25)17-13-22-24(2)14-17/h3-7,13-14,23H,8-12,15H2,1-2H3,(H,20,21). The molecule has 10 nitrogen and oxygen atoms in total. The van der Waals surface area contributed by atoms with Gasteiger partial charge >= 0.3 is 0 Å². The van der Waals surface area contributed by atoms with E-state index in [2.05, 4.69) is 20.1 Å². The Bertz CT molecular complexity index is 989. The summed E-state index contributed by atoms with van der Waals surface area (Å²) in [5, 5.41) is 7.15. The molecule has 1 amide bonds. The summed E-state index contributed by atoms with van der Waals surface area (Å²) in [6.45, 7) is 1.69. The number of anilines is 1. The number of aryl methyl sites for hydroxylation is 1. The zero-order valence-corrected chi connectivity index (χ0v) is 18.0. The van der Waals surface area contributed by atoms with E-state index in [4.69, 9.17) is 0 Å². The van der Waals surface area contributed by atoms with Crippen LogP contribution in [0.5, 0.6) is 0 Å². The number of carbonyl (C=O) groups excluding carboxylic acids is 1. The monoisotopic (exact) mass is 433 g/mol. The van der Waals surface area contributed by atoms with Gasteiger partial charge in [0.05, 0.1) is 17.6 Å². The van der Waals surface area contributed by atoms with E-state index in [0.717, 1.165) is 11.3 Å². The van der Waals surface area contributed by atoms with E-state index >= 15 is 0 Å². The van der Waals surface area contributed by atoms with Crippen molar-refractivity contribution in [1.82, 2.24) is 24.7 Å². The number of aliphatic imine (C=N–C) groups is 1. The molecule has 1 aromatic carbocycles. The van der Waals surface area contributed by atoms with Crippen LogP contribution >= 0.6 is 0 Å². The fraction of sp³-hybridized carbons (Fsp3) is 0.421. The summed E-state index contributed by atoms with van der Waals surface area (Å²) >= 11 is 0. The molecule has 1 aromatic heterocycles. The first-order valence-corrected chi connectivity index (χ1v) is 11.3. The van der Waals surface area contributed by atoms with Crippen molar-refractivity contribution < 1.29 is 13.2 Å². The molecule has 2 aromatic rings. The number of benzene rings is 1. The second-order valence-corrected chi connectivity index (χ2v) is 8.87. The van der Waals surface area contributed by atoms with E-state index in [9.17, 15) is 13.2 Å². The van der Waals surface area contributed by atoms with Crippen molar-refractivity contribution in [2.45, 2.75) is 6.54 Å². The maximum atomic E-state index is 12.5. The van der Waals surface area contributed by atoms with Crippen LogP contribution in [0.1, 0.15) is 5.56 Å². The van der Waals surface area contributed by atoms with Crippen LogP contribution in [0.15, 0.2) is 47.7 Å². The number of sulfonamides is 1. The molecule has 2 heterocycles. The lowest BCUT2D eigenvalue weighted by Crippen LogP contribution is -2.55. The summed E-state index contributed by atoms with van der Waals surface area (Å²) in [6, 6.07) is 9.35. The number of carbonyl (C=O) groups is 1. The molecular formula is C19H27N7O3S. The van der Waals surface area contributed by atoms with Crippen LogP contribution in [-0.2, 0) is 28.4 Å². The second kappa shape index (κ2) is 9.72. The van der Waals surface area contributed by atoms with Crippen molar-refractivity contribution in [1.29, 1.82) is 0 Å². The lowest BCUT2D eigenvalue weighted by Gasteiger charge is -2.35. The molecule has 0 radical (unpaired) electrons. The Balaban J connectivity index is 1.47. The number of nitrogens with zero attached hydrogens (tertiary/aromatic N) is 5. The highest BCUT2D eigenvalue weighted by Gasteiger charge is 2.27. The van der Waals surface area contributed by atoms with Gasteiger partial charge in [0.1, 0.15) is 6.54 Å². The largest absolute Gasteiger partial charge is 0.355 e. The average molecular weight is 434 g/mol. The fourth-order valence-corrected chi connectivity index (χ4v) is 4.07. The predicted molar refractivity (Wildman–Crippen MR) is 116 cm³/mol. The highest BCUT2D eigenvalue weighted by molar-refractivity contribution is 7.89. The molecule has 11 heteroatoms. The first kappa shape index (κ1) is 21.8. The SMILES string of the molecule is CN=C(NCCS(=O)(=O)NCc1ccccc1)N1CCN(c2cnn(C)c2)C(=O)C1. The van der Waals surface area contributed by atoms with Gasteiger partial charge in [0.2, 0.25) is 15.9 Å². The Labute approximate surface area is 176 Å². The second-order valence-electron chi connectivity index (χ2n) is 6.94. The van der Waals surface area contributed by atoms with Crippen molar-refractivity contribution in [3.63, 3.8) is 0 Å². The van der Waals surface area contributed by atoms with Crippen molar-refractivity contribution in [2.75, 3.05) is 43.9 Å². The minimum Gasteiger partial charge on any atom is -0.355 e. The van der Waals surface area contributed by atoms with Crippen LogP contribution in [0.4, 0.5) is 5.69 Å². The third-order valence-corrected chi connectivity index (χ3v) is 6.05. The minimum atomic E-state index is -3.44. The van der Waals surface area contributed by atoms with Gasteiger partial charge in [-0.25, -0.2) is 13.1 Å². The van der Waals surface area contributed by atoms with Gasteiger partial charge in [-0.15, -0.1) is 0 Å². The summed E-state index contributed by atoms with van der Waals surface area (Å²) in [7, 11) is -0.0202. The van der Waals surface area contributed by atoms with E-state index in [1.807, 2.05) is 35.2 Å². The molecule has 0 saturated carbocycles. The topological polar surface area (TPSA) is 112 Å². The zero-order chi connectivity index (χ0) is 21.6. The van der Waals surface area contributed by atoms with E-state index in [1.165, 1.54) is 0 Å². The molecule has 30 heavy (non-hydrogen) atoms. The molecule has 1 fully saturated rings. The molecule has 1 saturated heterocycles. The predicted octanol–water partition coefficient (Wildman–Crippen LogP) is -0.236. The molecule has 1 aliphatic heterocycles. The quantitative estimate of drug-likeness (QED) is 0.461. The van der Waals surface area contributed by atoms with Crippen LogP contribution in [0, 0.1) is 0 Å². The van der Waals surface area contributed by atoms with Gasteiger partial charge in [0.25, 0.3) is 0 Å². The highest BCUT2D eigenvalue weighted by Crippen LogP contribution is 2.16. The van der Waals surface area contributed by atoms with E-state index < -0.39 is 10.0 Å². The normalized spacial score (nSPS) is 15.5. The number of rotatable bonds is 7. The van der Waals surface area contributed by atoms with Crippen LogP contribution in [0.3, 0.4) is 0 Å². The summed E-state index contributed by atoms with van der Waals surface area (Å²) in [5.41, 5.74) is 1.66. The third-order valence-electron chi connectivity index (χ3n) is 4.73. The van der Waals surface area contributed by atoms with Gasteiger partial charge in [-0.2, -0.15) is 5.10 Å². The molecule has 3 rings (SSSR count). The third kappa shape index (κ3) is 5.80. The van der Waals surface area contributed by atoms with Crippen molar-refractivity contribution >= 4 is 27.6 Å². The van der Waals surface area contributed by atoms with E-state index in [-0.39, 0.29) is 31.3 Å². The van der Waals surface area contributed by atoms with Gasteiger partial charge in [0.15, 0.2) is 5.96 Å². The molecule has 0 atom stereocenters. The van der Waals surface area contributed by atoms with Crippen molar-refractivity contribution in [2.24, 2.45) is 12.0 Å². The molecule has 0 unspecified atom stereocenters. The lowest BCUT2D eigenvalue weighted by molar-refractivity contribution is -0.120. The van der Waals surface area contributed by atoms with E-state index in [0.29, 0.717) is 19.0 Å². The first-order chi connectivity index (χ1) is 14.4. The summed E-state index contributed by atoms with van der Waals surface area (Å²) in [6.07, 6.45) is 3.46. The first-order valence-electron chi connectivity index (χ1n) is 9.64. The molecule has 162 valence electrons. The molecule has 1 aliphatic rings. The molecule has 2 N–H and O–H groups in total. The lowest BCUT2D eigenvalue weighted by atomic mass is 10.2. The van der Waals surface area contributed by atoms with Crippen LogP contribution in [-0.4, -0.2) is 73.9 Å². The number of amides is 1. The molecule has 0 aliphatic carbocycles. The van der Waals surface area contributed by atoms with Crippen LogP contribution in [0.25, 0.3) is 0 Å². The molecular weight excluding hydrogens is 406 g/mol. The average Bonchev–Trinajstić information content (AvgIpc) is 3.16. The maximum Gasteiger partial charge on any atom is 0.246 e. The Hall–Kier alpha value is -2.92. The molecule has 0 bridgehead atoms. The Morgan fingerprint density at radius 1 is 1.23 bits per heavy atom. The summed E-state index contributed by atoms with van der Waals surface area (Å²) in [5.74, 6) is 0.351. The summed E-state index contributed by atoms with van der Waals surface area (Å²) in [4.78, 5) is 20.2. The zero-order valence-electron chi connectivity index (χ0n) is 17.2. The maximum absolute atomic E-state index is 12.5. The van der Waals surface area contributed by atoms with Gasteiger partial charge in [-0.1, -0.05) is 30.3 Å². The fourth-order valence-electron chi connectivity index (χ4n) is 3.17. The summed E-state index contributed by atoms with van der Waals surface area (Å²) < 4.78 is 28.7. The number of guanidine groups is 1. The van der Waals surface area contributed by atoms with Gasteiger partial charge in [-0.05, 0) is 5.56 Å². The Morgan fingerprint density at radius 3 is 2.63 bits per heavy atom. The minimum absolute atomic E-state index is 0.0608.